The number of rotatable bonds is 3. The van der Waals surface area contributed by atoms with E-state index in [1.807, 2.05) is 0 Å². The van der Waals surface area contributed by atoms with E-state index in [2.05, 4.69) is 30.7 Å². The van der Waals surface area contributed by atoms with Gasteiger partial charge in [0.1, 0.15) is 11.4 Å². The van der Waals surface area contributed by atoms with Crippen molar-refractivity contribution in [1.82, 2.24) is 4.90 Å². The summed E-state index contributed by atoms with van der Waals surface area (Å²) in [6.07, 6.45) is 5.66. The molecule has 8 heteroatoms. The van der Waals surface area contributed by atoms with Crippen LogP contribution in [0.4, 0.5) is 18.0 Å². The molecule has 3 saturated carbocycles. The van der Waals surface area contributed by atoms with Crippen LogP contribution in [0.1, 0.15) is 64.4 Å². The van der Waals surface area contributed by atoms with E-state index in [0.717, 1.165) is 50.5 Å². The Morgan fingerprint density at radius 2 is 1.78 bits per heavy atom. The van der Waals surface area contributed by atoms with Crippen LogP contribution in [0.3, 0.4) is 0 Å². The van der Waals surface area contributed by atoms with Crippen molar-refractivity contribution < 1.29 is 32.5 Å². The summed E-state index contributed by atoms with van der Waals surface area (Å²) in [5.41, 5.74) is 2.96. The first-order valence-corrected chi connectivity index (χ1v) is 13.3. The lowest BCUT2D eigenvalue weighted by Crippen LogP contribution is -2.53. The number of halogens is 3. The number of amides is 1. The largest absolute Gasteiger partial charge is 0.573 e. The number of ether oxygens (including phenoxy) is 2. The maximum Gasteiger partial charge on any atom is 0.573 e. The van der Waals surface area contributed by atoms with Gasteiger partial charge in [-0.25, -0.2) is 4.79 Å². The predicted octanol–water partition coefficient (Wildman–Crippen LogP) is 6.52. The second-order valence-electron chi connectivity index (χ2n) is 12.2. The maximum atomic E-state index is 13.0. The third kappa shape index (κ3) is 3.89. The zero-order valence-electron chi connectivity index (χ0n) is 21.3. The SMILES string of the molecule is CC12CCC(O)CC1=CC=C1C2CCC2(C)C1CCC21CN(Cc2ccc(OC(F)(F)F)cc2)C(=O)O1. The summed E-state index contributed by atoms with van der Waals surface area (Å²) < 4.78 is 47.6. The average molecular weight is 518 g/mol. The molecule has 5 nitrogen and oxygen atoms in total. The summed E-state index contributed by atoms with van der Waals surface area (Å²) in [4.78, 5) is 14.7. The second kappa shape index (κ2) is 8.26. The number of fused-ring (bicyclic) bond motifs is 6. The summed E-state index contributed by atoms with van der Waals surface area (Å²) in [5.74, 6) is 0.539. The molecule has 6 rings (SSSR count). The molecule has 1 amide bonds. The third-order valence-corrected chi connectivity index (χ3v) is 10.4. The summed E-state index contributed by atoms with van der Waals surface area (Å²) in [6, 6.07) is 5.66. The van der Waals surface area contributed by atoms with Gasteiger partial charge >= 0.3 is 12.5 Å². The predicted molar refractivity (Wildman–Crippen MR) is 130 cm³/mol. The molecule has 1 aliphatic heterocycles. The molecule has 1 spiro atoms. The van der Waals surface area contributed by atoms with E-state index in [1.54, 1.807) is 17.0 Å². The Balaban J connectivity index is 1.21. The van der Waals surface area contributed by atoms with Crippen LogP contribution < -0.4 is 4.74 Å². The number of carbonyl (C=O) groups is 1. The molecule has 37 heavy (non-hydrogen) atoms. The summed E-state index contributed by atoms with van der Waals surface area (Å²) in [5, 5.41) is 10.2. The highest BCUT2D eigenvalue weighted by Crippen LogP contribution is 2.67. The lowest BCUT2D eigenvalue weighted by atomic mass is 9.50. The quantitative estimate of drug-likeness (QED) is 0.496. The van der Waals surface area contributed by atoms with Crippen molar-refractivity contribution >= 4 is 6.09 Å². The van der Waals surface area contributed by atoms with E-state index in [4.69, 9.17) is 4.74 Å². The fraction of sp³-hybridized carbons (Fsp3) is 0.621. The Morgan fingerprint density at radius 3 is 2.51 bits per heavy atom. The molecule has 5 aliphatic rings. The van der Waals surface area contributed by atoms with Gasteiger partial charge in [-0.2, -0.15) is 0 Å². The normalized spacial score (nSPS) is 38.9. The summed E-state index contributed by atoms with van der Waals surface area (Å²) in [7, 11) is 0. The van der Waals surface area contributed by atoms with Crippen LogP contribution in [0.5, 0.6) is 5.75 Å². The number of carbonyl (C=O) groups excluding carboxylic acids is 1. The van der Waals surface area contributed by atoms with E-state index in [-0.39, 0.29) is 35.3 Å². The molecule has 1 saturated heterocycles. The Labute approximate surface area is 215 Å². The first kappa shape index (κ1) is 24.8. The van der Waals surface area contributed by atoms with Gasteiger partial charge in [0.05, 0.1) is 12.6 Å². The van der Waals surface area contributed by atoms with Crippen molar-refractivity contribution in [2.75, 3.05) is 6.54 Å². The zero-order valence-corrected chi connectivity index (χ0v) is 21.3. The van der Waals surface area contributed by atoms with Gasteiger partial charge in [-0.05, 0) is 79.9 Å². The minimum atomic E-state index is -4.74. The Bertz CT molecular complexity index is 1160. The highest BCUT2D eigenvalue weighted by molar-refractivity contribution is 5.71. The molecule has 6 unspecified atom stereocenters. The molecule has 1 heterocycles. The van der Waals surface area contributed by atoms with Crippen LogP contribution in [-0.2, 0) is 11.3 Å². The van der Waals surface area contributed by atoms with Crippen LogP contribution in [0, 0.1) is 22.7 Å². The van der Waals surface area contributed by atoms with Crippen molar-refractivity contribution in [2.45, 2.75) is 83.4 Å². The lowest BCUT2D eigenvalue weighted by Gasteiger charge is -2.55. The molecule has 0 aromatic heterocycles. The van der Waals surface area contributed by atoms with Gasteiger partial charge in [-0.15, -0.1) is 13.2 Å². The number of hydrogen-bond acceptors (Lipinski definition) is 4. The number of nitrogens with zero attached hydrogens (tertiary/aromatic N) is 1. The van der Waals surface area contributed by atoms with E-state index >= 15 is 0 Å². The number of aliphatic hydroxyl groups is 1. The van der Waals surface area contributed by atoms with Gasteiger partial charge in [0.15, 0.2) is 0 Å². The van der Waals surface area contributed by atoms with Crippen molar-refractivity contribution in [2.24, 2.45) is 22.7 Å². The lowest BCUT2D eigenvalue weighted by molar-refractivity contribution is -0.274. The molecule has 200 valence electrons. The van der Waals surface area contributed by atoms with E-state index < -0.39 is 12.0 Å². The number of allylic oxidation sites excluding steroid dienone is 3. The minimum Gasteiger partial charge on any atom is -0.440 e. The second-order valence-corrected chi connectivity index (χ2v) is 12.2. The topological polar surface area (TPSA) is 59.0 Å². The van der Waals surface area contributed by atoms with Crippen molar-refractivity contribution in [1.29, 1.82) is 0 Å². The fourth-order valence-electron chi connectivity index (χ4n) is 8.28. The van der Waals surface area contributed by atoms with Crippen LogP contribution in [-0.4, -0.2) is 40.7 Å². The first-order valence-electron chi connectivity index (χ1n) is 13.3. The van der Waals surface area contributed by atoms with Crippen LogP contribution >= 0.6 is 0 Å². The molecule has 1 aromatic carbocycles. The number of aliphatic hydroxyl groups excluding tert-OH is 1. The molecular formula is C29H34F3NO4. The molecule has 6 atom stereocenters. The Morgan fingerprint density at radius 1 is 1.05 bits per heavy atom. The number of alkyl halides is 3. The highest BCUT2D eigenvalue weighted by Gasteiger charge is 2.67. The van der Waals surface area contributed by atoms with Gasteiger partial charge in [-0.3, -0.25) is 4.90 Å². The zero-order chi connectivity index (χ0) is 26.2. The smallest absolute Gasteiger partial charge is 0.440 e. The van der Waals surface area contributed by atoms with Crippen LogP contribution in [0.25, 0.3) is 0 Å². The molecule has 4 aliphatic carbocycles. The Hall–Kier alpha value is -2.48. The number of hydrogen-bond donors (Lipinski definition) is 1. The Kier molecular flexibility index (Phi) is 5.54. The molecule has 1 aromatic rings. The van der Waals surface area contributed by atoms with Gasteiger partial charge in [0, 0.05) is 12.0 Å². The fourth-order valence-corrected chi connectivity index (χ4v) is 8.28. The first-order chi connectivity index (χ1) is 17.4. The van der Waals surface area contributed by atoms with Gasteiger partial charge in [0.25, 0.3) is 0 Å². The highest BCUT2D eigenvalue weighted by atomic mass is 19.4. The van der Waals surface area contributed by atoms with Gasteiger partial charge in [-0.1, -0.05) is 49.3 Å². The molecule has 1 N–H and O–H groups in total. The summed E-state index contributed by atoms with van der Waals surface area (Å²) in [6.45, 7) is 5.43. The monoisotopic (exact) mass is 517 g/mol. The maximum absolute atomic E-state index is 13.0. The van der Waals surface area contributed by atoms with Crippen LogP contribution in [0.2, 0.25) is 0 Å². The van der Waals surface area contributed by atoms with E-state index in [9.17, 15) is 23.1 Å². The number of benzene rings is 1. The van der Waals surface area contributed by atoms with Gasteiger partial charge in [0.2, 0.25) is 0 Å². The molecule has 4 fully saturated rings. The van der Waals surface area contributed by atoms with Crippen molar-refractivity contribution in [3.63, 3.8) is 0 Å². The average Bonchev–Trinajstić information content (AvgIpc) is 3.30. The van der Waals surface area contributed by atoms with Crippen LogP contribution in [0.15, 0.2) is 47.6 Å². The van der Waals surface area contributed by atoms with E-state index in [0.29, 0.717) is 18.4 Å². The van der Waals surface area contributed by atoms with Crippen molar-refractivity contribution in [3.8, 4) is 5.75 Å². The molecular weight excluding hydrogens is 483 g/mol. The molecule has 0 bridgehead atoms. The summed E-state index contributed by atoms with van der Waals surface area (Å²) >= 11 is 0. The third-order valence-electron chi connectivity index (χ3n) is 10.4. The van der Waals surface area contributed by atoms with Gasteiger partial charge < -0.3 is 14.6 Å². The molecule has 0 radical (unpaired) electrons. The van der Waals surface area contributed by atoms with Crippen molar-refractivity contribution in [3.05, 3.63) is 53.1 Å². The minimum absolute atomic E-state index is 0.0980. The standard InChI is InChI=1S/C29H34F3NO4/c1-26-12-9-20(34)15-19(26)5-8-22-23(26)10-13-27(2)24(22)11-14-28(27)17-33(25(35)37-28)16-18-3-6-21(7-4-18)36-29(30,31)32/h3-8,20,23-24,34H,9-17H2,1-2H3. The van der Waals surface area contributed by atoms with E-state index in [1.165, 1.54) is 23.3 Å².